The molecule has 3 heterocycles. The highest BCUT2D eigenvalue weighted by Gasteiger charge is 2.26. The molecule has 0 aliphatic carbocycles. The van der Waals surface area contributed by atoms with Crippen molar-refractivity contribution in [2.75, 3.05) is 31.6 Å². The summed E-state index contributed by atoms with van der Waals surface area (Å²) in [5, 5.41) is 13.1. The number of rotatable bonds is 7. The minimum atomic E-state index is -0.290. The highest BCUT2D eigenvalue weighted by molar-refractivity contribution is 7.15. The minimum Gasteiger partial charge on any atom is -0.484 e. The van der Waals surface area contributed by atoms with E-state index >= 15 is 0 Å². The Balaban J connectivity index is 1.37. The van der Waals surface area contributed by atoms with Gasteiger partial charge in [-0.3, -0.25) is 4.79 Å². The zero-order valence-electron chi connectivity index (χ0n) is 16.7. The number of aryl methyl sites for hydroxylation is 1. The van der Waals surface area contributed by atoms with Gasteiger partial charge in [0.2, 0.25) is 5.13 Å². The average Bonchev–Trinajstić information content (AvgIpc) is 3.26. The number of pyridine rings is 1. The number of nitrogens with one attached hydrogen (secondary N) is 1. The van der Waals surface area contributed by atoms with Crippen molar-refractivity contribution in [1.29, 1.82) is 0 Å². The zero-order chi connectivity index (χ0) is 20.8. The summed E-state index contributed by atoms with van der Waals surface area (Å²) < 4.78 is 11.5. The van der Waals surface area contributed by atoms with E-state index in [1.165, 1.54) is 11.3 Å². The van der Waals surface area contributed by atoms with Crippen molar-refractivity contribution in [3.63, 3.8) is 0 Å². The number of nitrogens with zero attached hydrogens (tertiary/aromatic N) is 4. The molecule has 1 N–H and O–H groups in total. The number of morpholine rings is 1. The van der Waals surface area contributed by atoms with Crippen molar-refractivity contribution in [3.8, 4) is 5.75 Å². The first kappa shape index (κ1) is 20.2. The van der Waals surface area contributed by atoms with Crippen molar-refractivity contribution in [2.45, 2.75) is 19.4 Å². The molecule has 3 aromatic rings. The quantitative estimate of drug-likeness (QED) is 0.622. The van der Waals surface area contributed by atoms with Crippen LogP contribution in [0.3, 0.4) is 0 Å². The lowest BCUT2D eigenvalue weighted by Crippen LogP contribution is -2.44. The van der Waals surface area contributed by atoms with Crippen LogP contribution in [0.25, 0.3) is 0 Å². The van der Waals surface area contributed by atoms with Gasteiger partial charge in [0.05, 0.1) is 18.8 Å². The van der Waals surface area contributed by atoms with Crippen molar-refractivity contribution < 1.29 is 14.3 Å². The number of carbonyl (C=O) groups excluding carboxylic acids is 1. The Bertz CT molecular complexity index is 982. The van der Waals surface area contributed by atoms with E-state index in [-0.39, 0.29) is 18.6 Å². The maximum atomic E-state index is 12.6. The Morgan fingerprint density at radius 1 is 1.23 bits per heavy atom. The second-order valence-corrected chi connectivity index (χ2v) is 7.79. The molecule has 0 bridgehead atoms. The number of benzene rings is 1. The molecule has 1 fully saturated rings. The lowest BCUT2D eigenvalue weighted by Gasteiger charge is -2.32. The molecular formula is C21H23N5O3S. The Labute approximate surface area is 178 Å². The van der Waals surface area contributed by atoms with Crippen LogP contribution in [-0.2, 0) is 16.0 Å². The molecule has 156 valence electrons. The molecule has 1 aromatic carbocycles. The van der Waals surface area contributed by atoms with Crippen molar-refractivity contribution >= 4 is 28.2 Å². The maximum Gasteiger partial charge on any atom is 0.260 e. The van der Waals surface area contributed by atoms with E-state index in [4.69, 9.17) is 9.47 Å². The van der Waals surface area contributed by atoms with Crippen molar-refractivity contribution in [3.05, 3.63) is 59.2 Å². The van der Waals surface area contributed by atoms with Gasteiger partial charge in [0.25, 0.3) is 5.91 Å². The van der Waals surface area contributed by atoms with Crippen LogP contribution in [0.5, 0.6) is 5.75 Å². The largest absolute Gasteiger partial charge is 0.484 e. The fourth-order valence-corrected chi connectivity index (χ4v) is 3.75. The molecule has 9 heteroatoms. The molecule has 1 aliphatic heterocycles. The summed E-state index contributed by atoms with van der Waals surface area (Å²) in [5.41, 5.74) is 0.765. The van der Waals surface area contributed by atoms with E-state index in [1.807, 2.05) is 55.5 Å². The fraction of sp³-hybridized carbons (Fsp3) is 0.333. The second kappa shape index (κ2) is 9.64. The van der Waals surface area contributed by atoms with Gasteiger partial charge < -0.3 is 19.7 Å². The van der Waals surface area contributed by atoms with Crippen LogP contribution in [0.4, 0.5) is 10.9 Å². The standard InChI is InChI=1S/C21H23N5O3S/c1-2-19-24-25-21(30-19)23-18-10-6-9-16(22-18)17-13-26(11-12-28-17)20(27)14-29-15-7-4-3-5-8-15/h3-10,17H,2,11-14H2,1H3,(H,22,23,25)/t17-/m0/s1. The van der Waals surface area contributed by atoms with Gasteiger partial charge in [0.1, 0.15) is 22.7 Å². The van der Waals surface area contributed by atoms with E-state index in [0.717, 1.165) is 17.1 Å². The monoisotopic (exact) mass is 425 g/mol. The molecule has 1 saturated heterocycles. The van der Waals surface area contributed by atoms with Gasteiger partial charge in [-0.1, -0.05) is 42.5 Å². The lowest BCUT2D eigenvalue weighted by atomic mass is 10.2. The highest BCUT2D eigenvalue weighted by atomic mass is 32.1. The van der Waals surface area contributed by atoms with Crippen LogP contribution in [-0.4, -0.2) is 52.3 Å². The van der Waals surface area contributed by atoms with Gasteiger partial charge in [-0.15, -0.1) is 10.2 Å². The predicted octanol–water partition coefficient (Wildman–Crippen LogP) is 3.22. The molecule has 4 rings (SSSR count). The van der Waals surface area contributed by atoms with E-state index in [9.17, 15) is 4.79 Å². The predicted molar refractivity (Wildman–Crippen MR) is 114 cm³/mol. The van der Waals surface area contributed by atoms with E-state index < -0.39 is 0 Å². The first-order valence-electron chi connectivity index (χ1n) is 9.85. The third-order valence-corrected chi connectivity index (χ3v) is 5.61. The number of aromatic nitrogens is 3. The molecule has 0 radical (unpaired) electrons. The number of hydrogen-bond donors (Lipinski definition) is 1. The third-order valence-electron chi connectivity index (χ3n) is 4.63. The smallest absolute Gasteiger partial charge is 0.260 e. The van der Waals surface area contributed by atoms with Gasteiger partial charge in [0.15, 0.2) is 6.61 Å². The number of ether oxygens (including phenoxy) is 2. The summed E-state index contributed by atoms with van der Waals surface area (Å²) in [5.74, 6) is 1.28. The summed E-state index contributed by atoms with van der Waals surface area (Å²) in [6, 6.07) is 15.0. The van der Waals surface area contributed by atoms with Crippen molar-refractivity contribution in [1.82, 2.24) is 20.1 Å². The summed E-state index contributed by atoms with van der Waals surface area (Å²) in [4.78, 5) is 19.0. The highest BCUT2D eigenvalue weighted by Crippen LogP contribution is 2.24. The molecule has 2 aromatic heterocycles. The van der Waals surface area contributed by atoms with Crippen LogP contribution in [0.1, 0.15) is 23.7 Å². The van der Waals surface area contributed by atoms with Gasteiger partial charge in [-0.25, -0.2) is 4.98 Å². The third kappa shape index (κ3) is 5.11. The molecule has 8 nitrogen and oxygen atoms in total. The normalized spacial score (nSPS) is 16.3. The maximum absolute atomic E-state index is 12.6. The number of carbonyl (C=O) groups is 1. The van der Waals surface area contributed by atoms with Gasteiger partial charge in [-0.2, -0.15) is 0 Å². The Kier molecular flexibility index (Phi) is 6.50. The number of amides is 1. The van der Waals surface area contributed by atoms with E-state index in [0.29, 0.717) is 36.4 Å². The topological polar surface area (TPSA) is 89.5 Å². The fourth-order valence-electron chi connectivity index (χ4n) is 3.06. The van der Waals surface area contributed by atoms with Crippen molar-refractivity contribution in [2.24, 2.45) is 0 Å². The lowest BCUT2D eigenvalue weighted by molar-refractivity contribution is -0.141. The number of hydrogen-bond acceptors (Lipinski definition) is 8. The summed E-state index contributed by atoms with van der Waals surface area (Å²) in [6.45, 7) is 3.48. The molecule has 1 atom stereocenters. The average molecular weight is 426 g/mol. The molecular weight excluding hydrogens is 402 g/mol. The summed E-state index contributed by atoms with van der Waals surface area (Å²) in [7, 11) is 0. The number of para-hydroxylation sites is 1. The Morgan fingerprint density at radius 3 is 2.90 bits per heavy atom. The minimum absolute atomic E-state index is 0.00255. The Hall–Kier alpha value is -3.04. The molecule has 0 spiro atoms. The first-order valence-corrected chi connectivity index (χ1v) is 10.7. The van der Waals surface area contributed by atoms with E-state index in [1.54, 1.807) is 4.90 Å². The molecule has 1 aliphatic rings. The zero-order valence-corrected chi connectivity index (χ0v) is 17.5. The van der Waals surface area contributed by atoms with Gasteiger partial charge >= 0.3 is 0 Å². The van der Waals surface area contributed by atoms with Crippen LogP contribution in [0.15, 0.2) is 48.5 Å². The summed E-state index contributed by atoms with van der Waals surface area (Å²) in [6.07, 6.45) is 0.558. The van der Waals surface area contributed by atoms with Gasteiger partial charge in [0, 0.05) is 6.54 Å². The number of anilines is 2. The Morgan fingerprint density at radius 2 is 2.10 bits per heavy atom. The summed E-state index contributed by atoms with van der Waals surface area (Å²) >= 11 is 1.51. The van der Waals surface area contributed by atoms with Crippen LogP contribution in [0.2, 0.25) is 0 Å². The SMILES string of the molecule is CCc1nnc(Nc2cccc([C@@H]3CN(C(=O)COc4ccccc4)CCO3)n2)s1. The van der Waals surface area contributed by atoms with Crippen LogP contribution in [0, 0.1) is 0 Å². The molecule has 1 amide bonds. The van der Waals surface area contributed by atoms with E-state index in [2.05, 4.69) is 20.5 Å². The molecule has 0 saturated carbocycles. The first-order chi connectivity index (χ1) is 14.7. The molecule has 30 heavy (non-hydrogen) atoms. The van der Waals surface area contributed by atoms with Crippen LogP contribution >= 0.6 is 11.3 Å². The van der Waals surface area contributed by atoms with Gasteiger partial charge in [-0.05, 0) is 30.7 Å². The molecule has 0 unspecified atom stereocenters. The van der Waals surface area contributed by atoms with Crippen LogP contribution < -0.4 is 10.1 Å². The second-order valence-electron chi connectivity index (χ2n) is 6.73.